The number of hydrogen-bond acceptors (Lipinski definition) is 4. The van der Waals surface area contributed by atoms with E-state index in [1.807, 2.05) is 0 Å². The molecule has 1 heterocycles. The van der Waals surface area contributed by atoms with E-state index in [4.69, 9.17) is 15.2 Å². The zero-order valence-corrected chi connectivity index (χ0v) is 9.95. The third-order valence-corrected chi connectivity index (χ3v) is 3.06. The van der Waals surface area contributed by atoms with Crippen LogP contribution in [0, 0.1) is 0 Å². The van der Waals surface area contributed by atoms with E-state index in [2.05, 4.69) is 11.9 Å². The van der Waals surface area contributed by atoms with Crippen molar-refractivity contribution in [2.75, 3.05) is 40.5 Å². The van der Waals surface area contributed by atoms with Gasteiger partial charge in [-0.05, 0) is 26.4 Å². The van der Waals surface area contributed by atoms with Gasteiger partial charge in [0.25, 0.3) is 0 Å². The summed E-state index contributed by atoms with van der Waals surface area (Å²) in [4.78, 5) is 2.38. The minimum absolute atomic E-state index is 0.0466. The maximum atomic E-state index is 5.75. The summed E-state index contributed by atoms with van der Waals surface area (Å²) in [7, 11) is 3.85. The first-order valence-corrected chi connectivity index (χ1v) is 5.78. The number of nitrogens with zero attached hydrogens (tertiary/aromatic N) is 1. The van der Waals surface area contributed by atoms with Crippen molar-refractivity contribution in [1.82, 2.24) is 4.90 Å². The van der Waals surface area contributed by atoms with Crippen molar-refractivity contribution in [3.8, 4) is 0 Å². The summed E-state index contributed by atoms with van der Waals surface area (Å²) in [5.74, 6) is 0. The summed E-state index contributed by atoms with van der Waals surface area (Å²) in [6, 6.07) is 0.560. The second-order valence-electron chi connectivity index (χ2n) is 4.28. The second kappa shape index (κ2) is 7.17. The van der Waals surface area contributed by atoms with Crippen LogP contribution in [0.1, 0.15) is 19.3 Å². The molecule has 2 unspecified atom stereocenters. The van der Waals surface area contributed by atoms with Gasteiger partial charge in [0.1, 0.15) is 0 Å². The molecule has 0 saturated carbocycles. The van der Waals surface area contributed by atoms with Crippen LogP contribution in [0.5, 0.6) is 0 Å². The van der Waals surface area contributed by atoms with Crippen molar-refractivity contribution < 1.29 is 9.47 Å². The van der Waals surface area contributed by atoms with Crippen LogP contribution < -0.4 is 5.73 Å². The van der Waals surface area contributed by atoms with Crippen LogP contribution >= 0.6 is 0 Å². The molecular weight excluding hydrogens is 192 g/mol. The maximum absolute atomic E-state index is 5.75. The van der Waals surface area contributed by atoms with Crippen molar-refractivity contribution in [3.05, 3.63) is 0 Å². The highest BCUT2D eigenvalue weighted by Crippen LogP contribution is 2.15. The molecule has 1 fully saturated rings. The lowest BCUT2D eigenvalue weighted by Crippen LogP contribution is -2.41. The molecule has 0 radical (unpaired) electrons. The standard InChI is InChI=1S/C11H24N2O2/c1-13-6-4-3-5-10(13)8-15-11(7-12)9-14-2/h10-11H,3-9,12H2,1-2H3. The molecule has 1 aliphatic heterocycles. The summed E-state index contributed by atoms with van der Waals surface area (Å²) in [5.41, 5.74) is 5.59. The molecule has 90 valence electrons. The number of likely N-dealkylation sites (tertiary alicyclic amines) is 1. The van der Waals surface area contributed by atoms with Gasteiger partial charge in [0.15, 0.2) is 0 Å². The van der Waals surface area contributed by atoms with Crippen LogP contribution in [-0.2, 0) is 9.47 Å². The van der Waals surface area contributed by atoms with Crippen LogP contribution in [0.3, 0.4) is 0 Å². The monoisotopic (exact) mass is 216 g/mol. The summed E-state index contributed by atoms with van der Waals surface area (Å²) in [5, 5.41) is 0. The first kappa shape index (κ1) is 12.9. The number of hydrogen-bond donors (Lipinski definition) is 1. The van der Waals surface area contributed by atoms with E-state index in [0.29, 0.717) is 19.2 Å². The largest absolute Gasteiger partial charge is 0.382 e. The quantitative estimate of drug-likeness (QED) is 0.701. The third-order valence-electron chi connectivity index (χ3n) is 3.06. The smallest absolute Gasteiger partial charge is 0.0930 e. The minimum atomic E-state index is 0.0466. The van der Waals surface area contributed by atoms with E-state index in [0.717, 1.165) is 6.61 Å². The fourth-order valence-corrected chi connectivity index (χ4v) is 1.97. The van der Waals surface area contributed by atoms with Crippen molar-refractivity contribution >= 4 is 0 Å². The normalized spacial score (nSPS) is 25.4. The molecule has 0 aliphatic carbocycles. The average Bonchev–Trinajstić information content (AvgIpc) is 2.26. The summed E-state index contributed by atoms with van der Waals surface area (Å²) >= 11 is 0. The van der Waals surface area contributed by atoms with Crippen LogP contribution in [0.2, 0.25) is 0 Å². The average molecular weight is 216 g/mol. The molecule has 0 aromatic carbocycles. The molecule has 2 N–H and O–H groups in total. The Hall–Kier alpha value is -0.160. The lowest BCUT2D eigenvalue weighted by atomic mass is 10.0. The predicted molar refractivity (Wildman–Crippen MR) is 60.9 cm³/mol. The van der Waals surface area contributed by atoms with Gasteiger partial charge in [-0.25, -0.2) is 0 Å². The topological polar surface area (TPSA) is 47.7 Å². The molecule has 1 rings (SSSR count). The Kier molecular flexibility index (Phi) is 6.17. The van der Waals surface area contributed by atoms with E-state index in [-0.39, 0.29) is 6.10 Å². The number of methoxy groups -OCH3 is 1. The summed E-state index contributed by atoms with van der Waals surface area (Å²) < 4.78 is 10.8. The number of rotatable bonds is 6. The molecule has 0 amide bonds. The second-order valence-corrected chi connectivity index (χ2v) is 4.28. The fourth-order valence-electron chi connectivity index (χ4n) is 1.97. The third kappa shape index (κ3) is 4.47. The molecule has 0 spiro atoms. The number of piperidine rings is 1. The summed E-state index contributed by atoms with van der Waals surface area (Å²) in [6.45, 7) is 3.09. The first-order valence-electron chi connectivity index (χ1n) is 5.78. The Morgan fingerprint density at radius 2 is 2.27 bits per heavy atom. The molecule has 4 nitrogen and oxygen atoms in total. The lowest BCUT2D eigenvalue weighted by molar-refractivity contribution is -0.0262. The van der Waals surface area contributed by atoms with Crippen LogP contribution in [0.25, 0.3) is 0 Å². The van der Waals surface area contributed by atoms with Crippen LogP contribution in [0.4, 0.5) is 0 Å². The Morgan fingerprint density at radius 3 is 2.87 bits per heavy atom. The molecule has 1 saturated heterocycles. The van der Waals surface area contributed by atoms with E-state index < -0.39 is 0 Å². The number of ether oxygens (including phenoxy) is 2. The Balaban J connectivity index is 2.21. The van der Waals surface area contributed by atoms with Gasteiger partial charge in [-0.15, -0.1) is 0 Å². The fraction of sp³-hybridized carbons (Fsp3) is 1.00. The van der Waals surface area contributed by atoms with Crippen molar-refractivity contribution in [1.29, 1.82) is 0 Å². The Morgan fingerprint density at radius 1 is 1.47 bits per heavy atom. The molecule has 0 aromatic heterocycles. The zero-order chi connectivity index (χ0) is 11.1. The van der Waals surface area contributed by atoms with Crippen molar-refractivity contribution in [3.63, 3.8) is 0 Å². The highest BCUT2D eigenvalue weighted by atomic mass is 16.5. The van der Waals surface area contributed by atoms with E-state index in [1.54, 1.807) is 7.11 Å². The Bertz CT molecular complexity index is 167. The van der Waals surface area contributed by atoms with Crippen molar-refractivity contribution in [2.24, 2.45) is 5.73 Å². The first-order chi connectivity index (χ1) is 7.27. The minimum Gasteiger partial charge on any atom is -0.382 e. The molecule has 2 atom stereocenters. The summed E-state index contributed by atoms with van der Waals surface area (Å²) in [6.07, 6.45) is 3.91. The van der Waals surface area contributed by atoms with Gasteiger partial charge in [-0.2, -0.15) is 0 Å². The van der Waals surface area contributed by atoms with Gasteiger partial charge in [0, 0.05) is 19.7 Å². The SMILES string of the molecule is COCC(CN)OCC1CCCCN1C. The molecule has 0 aromatic rings. The van der Waals surface area contributed by atoms with E-state index in [1.165, 1.54) is 25.8 Å². The van der Waals surface area contributed by atoms with Crippen LogP contribution in [-0.4, -0.2) is 57.5 Å². The Labute approximate surface area is 92.7 Å². The number of nitrogens with two attached hydrogens (primary N) is 1. The van der Waals surface area contributed by atoms with E-state index >= 15 is 0 Å². The molecule has 1 aliphatic rings. The van der Waals surface area contributed by atoms with E-state index in [9.17, 15) is 0 Å². The van der Waals surface area contributed by atoms with Gasteiger partial charge < -0.3 is 20.1 Å². The van der Waals surface area contributed by atoms with Gasteiger partial charge in [0.2, 0.25) is 0 Å². The van der Waals surface area contributed by atoms with Gasteiger partial charge in [0.05, 0.1) is 19.3 Å². The lowest BCUT2D eigenvalue weighted by Gasteiger charge is -2.33. The number of likely N-dealkylation sites (N-methyl/N-ethyl adjacent to an activating group) is 1. The van der Waals surface area contributed by atoms with Crippen molar-refractivity contribution in [2.45, 2.75) is 31.4 Å². The molecule has 0 bridgehead atoms. The molecule has 15 heavy (non-hydrogen) atoms. The predicted octanol–water partition coefficient (Wildman–Crippen LogP) is 0.461. The highest BCUT2D eigenvalue weighted by Gasteiger charge is 2.20. The van der Waals surface area contributed by atoms with Gasteiger partial charge >= 0.3 is 0 Å². The van der Waals surface area contributed by atoms with Gasteiger partial charge in [-0.3, -0.25) is 0 Å². The van der Waals surface area contributed by atoms with Gasteiger partial charge in [-0.1, -0.05) is 6.42 Å². The highest BCUT2D eigenvalue weighted by molar-refractivity contribution is 4.74. The molecule has 4 heteroatoms. The molecular formula is C11H24N2O2. The zero-order valence-electron chi connectivity index (χ0n) is 9.95. The van der Waals surface area contributed by atoms with Crippen LogP contribution in [0.15, 0.2) is 0 Å². The maximum Gasteiger partial charge on any atom is 0.0930 e.